The zero-order valence-corrected chi connectivity index (χ0v) is 11.0. The standard InChI is InChI=1S/C14H20FN3/c1-3-18(4-2)9-5-8-17-14-7-6-12(11-16)10-13(14)15/h6-7,10,17H,3-5,8-9H2,1-2H3. The molecule has 0 aliphatic heterocycles. The summed E-state index contributed by atoms with van der Waals surface area (Å²) in [6, 6.07) is 6.41. The van der Waals surface area contributed by atoms with Gasteiger partial charge in [0.1, 0.15) is 5.82 Å². The summed E-state index contributed by atoms with van der Waals surface area (Å²) >= 11 is 0. The van der Waals surface area contributed by atoms with E-state index in [-0.39, 0.29) is 5.82 Å². The van der Waals surface area contributed by atoms with E-state index < -0.39 is 0 Å². The van der Waals surface area contributed by atoms with Crippen LogP contribution in [-0.4, -0.2) is 31.1 Å². The van der Waals surface area contributed by atoms with E-state index in [1.807, 2.05) is 6.07 Å². The number of nitrogens with one attached hydrogen (secondary N) is 1. The van der Waals surface area contributed by atoms with E-state index >= 15 is 0 Å². The van der Waals surface area contributed by atoms with Gasteiger partial charge < -0.3 is 10.2 Å². The highest BCUT2D eigenvalue weighted by molar-refractivity contribution is 5.48. The van der Waals surface area contributed by atoms with Gasteiger partial charge in [0.05, 0.1) is 17.3 Å². The molecule has 0 amide bonds. The number of nitrogens with zero attached hydrogens (tertiary/aromatic N) is 2. The third-order valence-electron chi connectivity index (χ3n) is 2.96. The quantitative estimate of drug-likeness (QED) is 0.755. The zero-order chi connectivity index (χ0) is 13.4. The van der Waals surface area contributed by atoms with Crippen LogP contribution < -0.4 is 5.32 Å². The van der Waals surface area contributed by atoms with Crippen LogP contribution in [0.1, 0.15) is 25.8 Å². The maximum atomic E-state index is 13.5. The Bertz CT molecular complexity index is 408. The molecule has 1 aromatic carbocycles. The van der Waals surface area contributed by atoms with E-state index in [1.54, 1.807) is 12.1 Å². The Morgan fingerprint density at radius 3 is 2.61 bits per heavy atom. The molecule has 0 atom stereocenters. The fourth-order valence-electron chi connectivity index (χ4n) is 1.79. The van der Waals surface area contributed by atoms with Crippen LogP contribution in [0.4, 0.5) is 10.1 Å². The van der Waals surface area contributed by atoms with Crippen LogP contribution in [0.25, 0.3) is 0 Å². The molecular weight excluding hydrogens is 229 g/mol. The van der Waals surface area contributed by atoms with Gasteiger partial charge in [-0.2, -0.15) is 5.26 Å². The first kappa shape index (κ1) is 14.5. The largest absolute Gasteiger partial charge is 0.383 e. The Labute approximate surface area is 108 Å². The normalized spacial score (nSPS) is 10.4. The van der Waals surface area contributed by atoms with Crippen LogP contribution >= 0.6 is 0 Å². The van der Waals surface area contributed by atoms with E-state index in [9.17, 15) is 4.39 Å². The predicted octanol–water partition coefficient (Wildman–Crippen LogP) is 2.84. The summed E-state index contributed by atoms with van der Waals surface area (Å²) in [5.41, 5.74) is 0.815. The molecular formula is C14H20FN3. The Balaban J connectivity index is 2.38. The van der Waals surface area contributed by atoms with Gasteiger partial charge in [-0.1, -0.05) is 13.8 Å². The molecule has 1 rings (SSSR count). The number of anilines is 1. The number of halogens is 1. The minimum absolute atomic E-state index is 0.348. The van der Waals surface area contributed by atoms with Crippen molar-refractivity contribution in [3.05, 3.63) is 29.6 Å². The molecule has 1 N–H and O–H groups in total. The van der Waals surface area contributed by atoms with E-state index in [0.717, 1.165) is 32.6 Å². The fraction of sp³-hybridized carbons (Fsp3) is 0.500. The summed E-state index contributed by atoms with van der Waals surface area (Å²) in [7, 11) is 0. The monoisotopic (exact) mass is 249 g/mol. The molecule has 0 fully saturated rings. The summed E-state index contributed by atoms with van der Waals surface area (Å²) in [5, 5.41) is 11.7. The maximum Gasteiger partial charge on any atom is 0.147 e. The first-order chi connectivity index (χ1) is 8.71. The molecule has 3 nitrogen and oxygen atoms in total. The van der Waals surface area contributed by atoms with Crippen molar-refractivity contribution in [2.24, 2.45) is 0 Å². The number of hydrogen-bond donors (Lipinski definition) is 1. The lowest BCUT2D eigenvalue weighted by Crippen LogP contribution is -2.25. The highest BCUT2D eigenvalue weighted by Gasteiger charge is 2.03. The highest BCUT2D eigenvalue weighted by atomic mass is 19.1. The Morgan fingerprint density at radius 2 is 2.06 bits per heavy atom. The zero-order valence-electron chi connectivity index (χ0n) is 11.0. The van der Waals surface area contributed by atoms with Crippen molar-refractivity contribution in [3.8, 4) is 6.07 Å². The van der Waals surface area contributed by atoms with Gasteiger partial charge in [0.2, 0.25) is 0 Å². The van der Waals surface area contributed by atoms with Gasteiger partial charge in [0.15, 0.2) is 0 Å². The van der Waals surface area contributed by atoms with Crippen LogP contribution in [0, 0.1) is 17.1 Å². The highest BCUT2D eigenvalue weighted by Crippen LogP contribution is 2.15. The molecule has 1 aromatic rings. The van der Waals surface area contributed by atoms with E-state index in [2.05, 4.69) is 24.1 Å². The third-order valence-corrected chi connectivity index (χ3v) is 2.96. The maximum absolute atomic E-state index is 13.5. The van der Waals surface area contributed by atoms with Crippen molar-refractivity contribution < 1.29 is 4.39 Å². The second-order valence-corrected chi connectivity index (χ2v) is 4.11. The lowest BCUT2D eigenvalue weighted by Gasteiger charge is -2.18. The van der Waals surface area contributed by atoms with Crippen molar-refractivity contribution in [2.75, 3.05) is 31.5 Å². The number of benzene rings is 1. The van der Waals surface area contributed by atoms with Crippen molar-refractivity contribution >= 4 is 5.69 Å². The first-order valence-electron chi connectivity index (χ1n) is 6.37. The number of hydrogen-bond acceptors (Lipinski definition) is 3. The Hall–Kier alpha value is -1.60. The summed E-state index contributed by atoms with van der Waals surface area (Å²) in [4.78, 5) is 2.33. The van der Waals surface area contributed by atoms with Crippen molar-refractivity contribution in [3.63, 3.8) is 0 Å². The van der Waals surface area contributed by atoms with Gasteiger partial charge in [-0.05, 0) is 44.3 Å². The molecule has 0 saturated carbocycles. The summed E-state index contributed by atoms with van der Waals surface area (Å²) in [6.07, 6.45) is 0.973. The Morgan fingerprint density at radius 1 is 1.33 bits per heavy atom. The first-order valence-corrected chi connectivity index (χ1v) is 6.37. The summed E-state index contributed by atoms with van der Waals surface area (Å²) in [6.45, 7) is 8.11. The van der Waals surface area contributed by atoms with E-state index in [0.29, 0.717) is 11.3 Å². The second kappa shape index (κ2) is 7.67. The van der Waals surface area contributed by atoms with E-state index in [1.165, 1.54) is 6.07 Å². The average molecular weight is 249 g/mol. The predicted molar refractivity (Wildman–Crippen MR) is 72.0 cm³/mol. The molecule has 4 heteroatoms. The summed E-state index contributed by atoms with van der Waals surface area (Å²) < 4.78 is 13.5. The van der Waals surface area contributed by atoms with Gasteiger partial charge in [-0.15, -0.1) is 0 Å². The van der Waals surface area contributed by atoms with Crippen molar-refractivity contribution in [1.29, 1.82) is 5.26 Å². The molecule has 98 valence electrons. The molecule has 0 aromatic heterocycles. The Kier molecular flexibility index (Phi) is 6.16. The van der Waals surface area contributed by atoms with Crippen LogP contribution in [0.5, 0.6) is 0 Å². The molecule has 0 heterocycles. The van der Waals surface area contributed by atoms with Gasteiger partial charge in [0, 0.05) is 6.54 Å². The lowest BCUT2D eigenvalue weighted by molar-refractivity contribution is 0.303. The molecule has 0 bridgehead atoms. The van der Waals surface area contributed by atoms with E-state index in [4.69, 9.17) is 5.26 Å². The molecule has 0 radical (unpaired) electrons. The molecule has 0 spiro atoms. The second-order valence-electron chi connectivity index (χ2n) is 4.11. The minimum atomic E-state index is -0.364. The van der Waals surface area contributed by atoms with Gasteiger partial charge >= 0.3 is 0 Å². The smallest absolute Gasteiger partial charge is 0.147 e. The molecule has 0 unspecified atom stereocenters. The van der Waals surface area contributed by atoms with Crippen LogP contribution in [-0.2, 0) is 0 Å². The van der Waals surface area contributed by atoms with Crippen LogP contribution in [0.2, 0.25) is 0 Å². The average Bonchev–Trinajstić information content (AvgIpc) is 2.40. The molecule has 18 heavy (non-hydrogen) atoms. The number of rotatable bonds is 7. The topological polar surface area (TPSA) is 39.1 Å². The fourth-order valence-corrected chi connectivity index (χ4v) is 1.79. The van der Waals surface area contributed by atoms with Gasteiger partial charge in [-0.25, -0.2) is 4.39 Å². The molecule has 0 aliphatic carbocycles. The van der Waals surface area contributed by atoms with Gasteiger partial charge in [-0.3, -0.25) is 0 Å². The van der Waals surface area contributed by atoms with Crippen LogP contribution in [0.15, 0.2) is 18.2 Å². The summed E-state index contributed by atoms with van der Waals surface area (Å²) in [5.74, 6) is -0.364. The van der Waals surface area contributed by atoms with Crippen molar-refractivity contribution in [1.82, 2.24) is 4.90 Å². The van der Waals surface area contributed by atoms with Gasteiger partial charge in [0.25, 0.3) is 0 Å². The lowest BCUT2D eigenvalue weighted by atomic mass is 10.2. The SMILES string of the molecule is CCN(CC)CCCNc1ccc(C#N)cc1F. The number of nitriles is 1. The van der Waals surface area contributed by atoms with Crippen molar-refractivity contribution in [2.45, 2.75) is 20.3 Å². The molecule has 0 aliphatic rings. The minimum Gasteiger partial charge on any atom is -0.383 e. The molecule has 0 saturated heterocycles. The third kappa shape index (κ3) is 4.34. The van der Waals surface area contributed by atoms with Crippen LogP contribution in [0.3, 0.4) is 0 Å².